The molecule has 0 aromatic carbocycles. The van der Waals surface area contributed by atoms with Crippen molar-refractivity contribution in [2.24, 2.45) is 5.41 Å². The molecule has 0 spiro atoms. The van der Waals surface area contributed by atoms with Gasteiger partial charge in [0.05, 0.1) is 18.6 Å². The molecule has 7 nitrogen and oxygen atoms in total. The van der Waals surface area contributed by atoms with Crippen LogP contribution in [0.3, 0.4) is 0 Å². The lowest BCUT2D eigenvalue weighted by Gasteiger charge is -2.30. The molecule has 0 saturated carbocycles. The summed E-state index contributed by atoms with van der Waals surface area (Å²) < 4.78 is 9.43. The molecule has 0 aliphatic carbocycles. The van der Waals surface area contributed by atoms with Gasteiger partial charge >= 0.3 is 0 Å². The molecule has 0 fully saturated rings. The Morgan fingerprint density at radius 1 is 1.30 bits per heavy atom. The summed E-state index contributed by atoms with van der Waals surface area (Å²) >= 11 is 0. The zero-order valence-corrected chi connectivity index (χ0v) is 13.5. The van der Waals surface area contributed by atoms with Gasteiger partial charge in [0.15, 0.2) is 5.76 Å². The summed E-state index contributed by atoms with van der Waals surface area (Å²) in [7, 11) is 0. The van der Waals surface area contributed by atoms with Gasteiger partial charge in [-0.15, -0.1) is 5.10 Å². The number of hydrogen-bond donors (Lipinski definition) is 1. The third-order valence-electron chi connectivity index (χ3n) is 3.84. The lowest BCUT2D eigenvalue weighted by Crippen LogP contribution is -2.28. The maximum absolute atomic E-state index is 9.10. The fourth-order valence-corrected chi connectivity index (χ4v) is 2.49. The van der Waals surface area contributed by atoms with E-state index < -0.39 is 0 Å². The van der Waals surface area contributed by atoms with Crippen molar-refractivity contribution in [3.05, 3.63) is 42.8 Å². The van der Waals surface area contributed by atoms with Gasteiger partial charge in [-0.05, 0) is 17.5 Å². The van der Waals surface area contributed by atoms with Crippen LogP contribution in [0, 0.1) is 5.41 Å². The number of nitrogens with zero attached hydrogens (tertiary/aromatic N) is 5. The number of hydrogen-bond acceptors (Lipinski definition) is 5. The van der Waals surface area contributed by atoms with Crippen LogP contribution in [-0.2, 0) is 13.2 Å². The Balaban J connectivity index is 1.88. The molecule has 122 valence electrons. The number of furan rings is 1. The molecule has 3 rings (SSSR count). The molecule has 0 radical (unpaired) electrons. The van der Waals surface area contributed by atoms with Crippen LogP contribution >= 0.6 is 0 Å². The van der Waals surface area contributed by atoms with Crippen molar-refractivity contribution in [2.45, 2.75) is 40.0 Å². The van der Waals surface area contributed by atoms with Crippen LogP contribution in [0.1, 0.15) is 32.6 Å². The minimum Gasteiger partial charge on any atom is -0.457 e. The summed E-state index contributed by atoms with van der Waals surface area (Å²) in [5.41, 5.74) is 0.652. The van der Waals surface area contributed by atoms with Crippen LogP contribution in [0.25, 0.3) is 11.5 Å². The van der Waals surface area contributed by atoms with Crippen molar-refractivity contribution in [3.8, 4) is 11.5 Å². The molecule has 23 heavy (non-hydrogen) atoms. The van der Waals surface area contributed by atoms with Crippen molar-refractivity contribution >= 4 is 0 Å². The van der Waals surface area contributed by atoms with Crippen molar-refractivity contribution in [1.29, 1.82) is 0 Å². The van der Waals surface area contributed by atoms with E-state index in [1.807, 2.05) is 21.6 Å². The molecule has 1 unspecified atom stereocenters. The second-order valence-corrected chi connectivity index (χ2v) is 6.65. The standard InChI is InChI=1S/C16H21N5O2/c1-16(2,3)15(9-20-7-6-17-11-20)21-8-13(18-19-21)14-5-4-12(10-22)23-14/h4-8,11,15,22H,9-10H2,1-3H3. The van der Waals surface area contributed by atoms with Crippen LogP contribution < -0.4 is 0 Å². The van der Waals surface area contributed by atoms with Gasteiger partial charge in [-0.2, -0.15) is 0 Å². The Hall–Kier alpha value is -2.41. The molecule has 0 amide bonds. The van der Waals surface area contributed by atoms with E-state index in [0.29, 0.717) is 17.2 Å². The maximum atomic E-state index is 9.10. The van der Waals surface area contributed by atoms with E-state index in [9.17, 15) is 0 Å². The summed E-state index contributed by atoms with van der Waals surface area (Å²) in [6.07, 6.45) is 7.39. The van der Waals surface area contributed by atoms with Gasteiger partial charge < -0.3 is 14.1 Å². The van der Waals surface area contributed by atoms with Crippen molar-refractivity contribution in [3.63, 3.8) is 0 Å². The molecular weight excluding hydrogens is 294 g/mol. The lowest BCUT2D eigenvalue weighted by atomic mass is 9.86. The predicted octanol–water partition coefficient (Wildman–Crippen LogP) is 2.51. The average molecular weight is 315 g/mol. The minimum atomic E-state index is -0.126. The zero-order valence-electron chi connectivity index (χ0n) is 13.5. The molecule has 0 bridgehead atoms. The number of imidazole rings is 1. The highest BCUT2D eigenvalue weighted by Crippen LogP contribution is 2.32. The molecule has 1 N–H and O–H groups in total. The minimum absolute atomic E-state index is 0.00529. The second kappa shape index (κ2) is 6.00. The number of aromatic nitrogens is 5. The van der Waals surface area contributed by atoms with E-state index in [0.717, 1.165) is 6.54 Å². The van der Waals surface area contributed by atoms with Crippen molar-refractivity contribution in [2.75, 3.05) is 0 Å². The molecule has 0 saturated heterocycles. The van der Waals surface area contributed by atoms with E-state index in [1.54, 1.807) is 24.7 Å². The quantitative estimate of drug-likeness (QED) is 0.782. The lowest BCUT2D eigenvalue weighted by molar-refractivity contribution is 0.196. The Kier molecular flexibility index (Phi) is 4.04. The van der Waals surface area contributed by atoms with Crippen LogP contribution in [0.4, 0.5) is 0 Å². The van der Waals surface area contributed by atoms with Crippen LogP contribution in [0.15, 0.2) is 41.5 Å². The largest absolute Gasteiger partial charge is 0.457 e. The molecule has 0 aliphatic heterocycles. The van der Waals surface area contributed by atoms with Gasteiger partial charge in [-0.25, -0.2) is 9.67 Å². The summed E-state index contributed by atoms with van der Waals surface area (Å²) in [6.45, 7) is 7.15. The second-order valence-electron chi connectivity index (χ2n) is 6.65. The first kappa shape index (κ1) is 15.5. The highest BCUT2D eigenvalue weighted by molar-refractivity contribution is 5.50. The van der Waals surface area contributed by atoms with Crippen LogP contribution in [0.2, 0.25) is 0 Å². The first-order chi connectivity index (χ1) is 11.0. The Morgan fingerprint density at radius 2 is 2.13 bits per heavy atom. The molecule has 3 aromatic heterocycles. The third-order valence-corrected chi connectivity index (χ3v) is 3.84. The van der Waals surface area contributed by atoms with Crippen LogP contribution in [0.5, 0.6) is 0 Å². The van der Waals surface area contributed by atoms with E-state index in [1.165, 1.54) is 0 Å². The fourth-order valence-electron chi connectivity index (χ4n) is 2.49. The molecular formula is C16H21N5O2. The molecule has 1 atom stereocenters. The van der Waals surface area contributed by atoms with Gasteiger partial charge in [0.25, 0.3) is 0 Å². The van der Waals surface area contributed by atoms with E-state index >= 15 is 0 Å². The highest BCUT2D eigenvalue weighted by Gasteiger charge is 2.28. The highest BCUT2D eigenvalue weighted by atomic mass is 16.4. The topological polar surface area (TPSA) is 81.9 Å². The number of aliphatic hydroxyl groups excluding tert-OH is 1. The smallest absolute Gasteiger partial charge is 0.156 e. The third kappa shape index (κ3) is 3.34. The van der Waals surface area contributed by atoms with Crippen molar-refractivity contribution in [1.82, 2.24) is 24.5 Å². The van der Waals surface area contributed by atoms with Crippen molar-refractivity contribution < 1.29 is 9.52 Å². The predicted molar refractivity (Wildman–Crippen MR) is 84.4 cm³/mol. The van der Waals surface area contributed by atoms with E-state index in [2.05, 4.69) is 36.1 Å². The molecule has 3 heterocycles. The SMILES string of the molecule is CC(C)(C)C(Cn1ccnc1)n1cc(-c2ccc(CO)o2)nn1. The molecule has 7 heteroatoms. The number of aliphatic hydroxyl groups is 1. The van der Waals surface area contributed by atoms with Gasteiger partial charge in [-0.1, -0.05) is 26.0 Å². The van der Waals surface area contributed by atoms with Gasteiger partial charge in [0, 0.05) is 18.9 Å². The Morgan fingerprint density at radius 3 is 2.74 bits per heavy atom. The number of rotatable bonds is 5. The summed E-state index contributed by atoms with van der Waals surface area (Å²) in [5.74, 6) is 1.12. The van der Waals surface area contributed by atoms with Gasteiger partial charge in [0.2, 0.25) is 0 Å². The Bertz CT molecular complexity index is 752. The summed E-state index contributed by atoms with van der Waals surface area (Å²) in [5, 5.41) is 17.6. The monoisotopic (exact) mass is 315 g/mol. The summed E-state index contributed by atoms with van der Waals surface area (Å²) in [6, 6.07) is 3.65. The van der Waals surface area contributed by atoms with E-state index in [-0.39, 0.29) is 18.1 Å². The van der Waals surface area contributed by atoms with Gasteiger partial charge in [-0.3, -0.25) is 0 Å². The zero-order chi connectivity index (χ0) is 16.4. The first-order valence-corrected chi connectivity index (χ1v) is 7.55. The summed E-state index contributed by atoms with van der Waals surface area (Å²) in [4.78, 5) is 4.09. The van der Waals surface area contributed by atoms with Gasteiger partial charge in [0.1, 0.15) is 18.1 Å². The van der Waals surface area contributed by atoms with Crippen LogP contribution in [-0.4, -0.2) is 29.7 Å². The first-order valence-electron chi connectivity index (χ1n) is 7.55. The van der Waals surface area contributed by atoms with E-state index in [4.69, 9.17) is 9.52 Å². The molecule has 0 aliphatic rings. The Labute approximate surface area is 134 Å². The average Bonchev–Trinajstić information content (AvgIpc) is 3.23. The fraction of sp³-hybridized carbons (Fsp3) is 0.438. The maximum Gasteiger partial charge on any atom is 0.156 e. The normalized spacial score (nSPS) is 13.4. The molecule has 3 aromatic rings.